The van der Waals surface area contributed by atoms with Gasteiger partial charge in [-0.3, -0.25) is 4.79 Å². The summed E-state index contributed by atoms with van der Waals surface area (Å²) < 4.78 is 0. The van der Waals surface area contributed by atoms with Crippen molar-refractivity contribution >= 4 is 24.2 Å². The molecule has 0 radical (unpaired) electrons. The molecule has 4 nitrogen and oxygen atoms in total. The van der Waals surface area contributed by atoms with Crippen LogP contribution in [0.15, 0.2) is 23.3 Å². The number of carbonyl (C=O) groups excluding carboxylic acids is 1. The van der Waals surface area contributed by atoms with Crippen molar-refractivity contribution in [3.8, 4) is 5.75 Å². The Hall–Kier alpha value is -1.55. The Kier molecular flexibility index (Phi) is 3.28. The van der Waals surface area contributed by atoms with Gasteiger partial charge in [0.05, 0.1) is 6.21 Å². The molecule has 0 aliphatic rings. The normalized spacial score (nSPS) is 10.2. The van der Waals surface area contributed by atoms with Crippen molar-refractivity contribution in [2.45, 2.75) is 0 Å². The lowest BCUT2D eigenvalue weighted by Crippen LogP contribution is -2.00. The number of amides is 1. The number of hydrogen-bond donors (Lipinski definition) is 2. The third-order valence-electron chi connectivity index (χ3n) is 1.32. The number of carbonyl (C=O) groups is 1. The molecule has 13 heavy (non-hydrogen) atoms. The molecule has 0 fully saturated rings. The summed E-state index contributed by atoms with van der Waals surface area (Å²) >= 11 is 5.67. The predicted octanol–water partition coefficient (Wildman–Crippen LogP) is 1.13. The molecular weight excluding hydrogens is 192 g/mol. The number of benzene rings is 1. The predicted molar refractivity (Wildman–Crippen MR) is 49.9 cm³/mol. The van der Waals surface area contributed by atoms with Gasteiger partial charge in [0, 0.05) is 10.6 Å². The molecule has 2 N–H and O–H groups in total. The van der Waals surface area contributed by atoms with E-state index in [9.17, 15) is 9.90 Å². The van der Waals surface area contributed by atoms with Crippen LogP contribution in [0.1, 0.15) is 5.56 Å². The smallest absolute Gasteiger partial charge is 0.227 e. The molecule has 1 aromatic carbocycles. The van der Waals surface area contributed by atoms with Crippen LogP contribution < -0.4 is 5.43 Å². The van der Waals surface area contributed by atoms with E-state index in [4.69, 9.17) is 11.6 Å². The second kappa shape index (κ2) is 4.47. The summed E-state index contributed by atoms with van der Waals surface area (Å²) in [7, 11) is 0. The average Bonchev–Trinajstić information content (AvgIpc) is 2.11. The molecule has 0 heterocycles. The number of phenolic OH excluding ortho intramolecular Hbond substituents is 1. The quantitative estimate of drug-likeness (QED) is 0.435. The summed E-state index contributed by atoms with van der Waals surface area (Å²) in [5.41, 5.74) is 2.52. The fraction of sp³-hybridized carbons (Fsp3) is 0. The highest BCUT2D eigenvalue weighted by atomic mass is 35.5. The van der Waals surface area contributed by atoms with E-state index in [0.29, 0.717) is 17.0 Å². The summed E-state index contributed by atoms with van der Waals surface area (Å²) in [5, 5.41) is 13.3. The van der Waals surface area contributed by atoms with Crippen molar-refractivity contribution in [1.82, 2.24) is 5.43 Å². The second-order valence-corrected chi connectivity index (χ2v) is 2.64. The third-order valence-corrected chi connectivity index (χ3v) is 1.56. The van der Waals surface area contributed by atoms with Gasteiger partial charge in [-0.15, -0.1) is 0 Å². The standard InChI is InChI=1S/C8H7ClN2O2/c9-7-1-2-8(13)6(3-7)4-10-11-5-12/h1-5,13H,(H,11,12). The summed E-state index contributed by atoms with van der Waals surface area (Å²) in [4.78, 5) is 9.83. The molecule has 0 unspecified atom stereocenters. The van der Waals surface area contributed by atoms with Crippen molar-refractivity contribution < 1.29 is 9.90 Å². The minimum absolute atomic E-state index is 0.0563. The zero-order valence-electron chi connectivity index (χ0n) is 6.57. The van der Waals surface area contributed by atoms with Gasteiger partial charge in [0.15, 0.2) is 0 Å². The largest absolute Gasteiger partial charge is 0.507 e. The fourth-order valence-corrected chi connectivity index (χ4v) is 0.947. The summed E-state index contributed by atoms with van der Waals surface area (Å²) in [6, 6.07) is 4.54. The molecule has 5 heteroatoms. The highest BCUT2D eigenvalue weighted by molar-refractivity contribution is 6.30. The van der Waals surface area contributed by atoms with E-state index in [1.54, 1.807) is 6.07 Å². The van der Waals surface area contributed by atoms with Crippen molar-refractivity contribution in [2.24, 2.45) is 5.10 Å². The highest BCUT2D eigenvalue weighted by Gasteiger charge is 1.97. The summed E-state index contributed by atoms with van der Waals surface area (Å²) in [5.74, 6) is 0.0563. The van der Waals surface area contributed by atoms with Gasteiger partial charge >= 0.3 is 0 Å². The van der Waals surface area contributed by atoms with E-state index in [2.05, 4.69) is 10.5 Å². The molecule has 0 bridgehead atoms. The van der Waals surface area contributed by atoms with E-state index in [0.717, 1.165) is 0 Å². The average molecular weight is 199 g/mol. The van der Waals surface area contributed by atoms with Crippen LogP contribution in [-0.2, 0) is 4.79 Å². The number of halogens is 1. The maximum Gasteiger partial charge on any atom is 0.227 e. The van der Waals surface area contributed by atoms with Crippen molar-refractivity contribution in [3.05, 3.63) is 28.8 Å². The Morgan fingerprint density at radius 1 is 1.54 bits per heavy atom. The van der Waals surface area contributed by atoms with Gasteiger partial charge in [0.25, 0.3) is 0 Å². The highest BCUT2D eigenvalue weighted by Crippen LogP contribution is 2.19. The van der Waals surface area contributed by atoms with Gasteiger partial charge < -0.3 is 5.11 Å². The molecule has 1 amide bonds. The molecule has 68 valence electrons. The monoisotopic (exact) mass is 198 g/mol. The maximum atomic E-state index is 9.83. The Bertz CT molecular complexity index is 339. The number of nitrogens with one attached hydrogen (secondary N) is 1. The van der Waals surface area contributed by atoms with E-state index in [1.807, 2.05) is 0 Å². The molecule has 0 atom stereocenters. The van der Waals surface area contributed by atoms with E-state index >= 15 is 0 Å². The number of hydrazone groups is 1. The fourth-order valence-electron chi connectivity index (χ4n) is 0.766. The molecule has 1 rings (SSSR count). The third kappa shape index (κ3) is 2.76. The van der Waals surface area contributed by atoms with Crippen LogP contribution in [-0.4, -0.2) is 17.7 Å². The SMILES string of the molecule is O=CNN=Cc1cc(Cl)ccc1O. The van der Waals surface area contributed by atoms with Gasteiger partial charge in [0.1, 0.15) is 5.75 Å². The number of rotatable bonds is 3. The second-order valence-electron chi connectivity index (χ2n) is 2.21. The molecule has 1 aromatic rings. The number of hydrogen-bond acceptors (Lipinski definition) is 3. The van der Waals surface area contributed by atoms with Crippen LogP contribution in [0, 0.1) is 0 Å². The zero-order valence-corrected chi connectivity index (χ0v) is 7.32. The molecule has 0 saturated heterocycles. The first kappa shape index (κ1) is 9.54. The molecule has 0 saturated carbocycles. The van der Waals surface area contributed by atoms with Gasteiger partial charge in [0.2, 0.25) is 6.41 Å². The van der Waals surface area contributed by atoms with Gasteiger partial charge in [-0.25, -0.2) is 5.43 Å². The van der Waals surface area contributed by atoms with Crippen molar-refractivity contribution in [1.29, 1.82) is 0 Å². The molecular formula is C8H7ClN2O2. The first-order valence-corrected chi connectivity index (χ1v) is 3.82. The van der Waals surface area contributed by atoms with Gasteiger partial charge in [-0.1, -0.05) is 11.6 Å². The van der Waals surface area contributed by atoms with Gasteiger partial charge in [-0.05, 0) is 18.2 Å². The minimum atomic E-state index is 0.0563. The summed E-state index contributed by atoms with van der Waals surface area (Å²) in [6.07, 6.45) is 1.73. The lowest BCUT2D eigenvalue weighted by atomic mass is 10.2. The lowest BCUT2D eigenvalue weighted by molar-refractivity contribution is -0.109. The van der Waals surface area contributed by atoms with E-state index in [-0.39, 0.29) is 5.75 Å². The maximum absolute atomic E-state index is 9.83. The van der Waals surface area contributed by atoms with Gasteiger partial charge in [-0.2, -0.15) is 5.10 Å². The number of phenols is 1. The Morgan fingerprint density at radius 3 is 3.00 bits per heavy atom. The van der Waals surface area contributed by atoms with Crippen LogP contribution in [0.2, 0.25) is 5.02 Å². The van der Waals surface area contributed by atoms with E-state index in [1.165, 1.54) is 18.3 Å². The van der Waals surface area contributed by atoms with Crippen molar-refractivity contribution in [3.63, 3.8) is 0 Å². The number of nitrogens with zero attached hydrogens (tertiary/aromatic N) is 1. The molecule has 0 aromatic heterocycles. The zero-order chi connectivity index (χ0) is 9.68. The molecule has 0 aliphatic carbocycles. The van der Waals surface area contributed by atoms with Crippen molar-refractivity contribution in [2.75, 3.05) is 0 Å². The first-order chi connectivity index (χ1) is 6.24. The molecule has 0 aliphatic heterocycles. The molecule has 0 spiro atoms. The minimum Gasteiger partial charge on any atom is -0.507 e. The Balaban J connectivity index is 2.86. The summed E-state index contributed by atoms with van der Waals surface area (Å²) in [6.45, 7) is 0. The van der Waals surface area contributed by atoms with E-state index < -0.39 is 0 Å². The first-order valence-electron chi connectivity index (χ1n) is 3.45. The topological polar surface area (TPSA) is 61.7 Å². The van der Waals surface area contributed by atoms with Crippen LogP contribution >= 0.6 is 11.6 Å². The van der Waals surface area contributed by atoms with Crippen LogP contribution in [0.4, 0.5) is 0 Å². The Labute approximate surface area is 79.8 Å². The van der Waals surface area contributed by atoms with Crippen LogP contribution in [0.3, 0.4) is 0 Å². The number of aromatic hydroxyl groups is 1. The lowest BCUT2D eigenvalue weighted by Gasteiger charge is -1.97. The van der Waals surface area contributed by atoms with Crippen LogP contribution in [0.5, 0.6) is 5.75 Å². The Morgan fingerprint density at radius 2 is 2.31 bits per heavy atom. The van der Waals surface area contributed by atoms with Crippen LogP contribution in [0.25, 0.3) is 0 Å².